The lowest BCUT2D eigenvalue weighted by Crippen LogP contribution is -2.64. The third-order valence-corrected chi connectivity index (χ3v) is 7.07. The largest absolute Gasteiger partial charge is 0.480 e. The van der Waals surface area contributed by atoms with Gasteiger partial charge in [0, 0.05) is 39.8 Å². The van der Waals surface area contributed by atoms with Gasteiger partial charge in [-0.25, -0.2) is 9.59 Å². The number of nitrogens with one attached hydrogen (secondary N) is 1. The summed E-state index contributed by atoms with van der Waals surface area (Å²) in [6, 6.07) is -1.91. The highest BCUT2D eigenvalue weighted by molar-refractivity contribution is 5.90. The maximum atomic E-state index is 13.8. The highest BCUT2D eigenvalue weighted by Gasteiger charge is 2.52. The standard InChI is InChI=1S/C23H39N3O7/c1-22(2,3)33-21(30)24-18(15-9-7-6-8-10-15)19(27)26-12-16-11-23(31-4,32-5)14-25(16)13-17(26)20(28)29/h15-18H,6-14H2,1-5H3,(H,24,30)(H,28,29)/t16-,17?,18+/m1/s1. The first-order chi connectivity index (χ1) is 15.5. The van der Waals surface area contributed by atoms with Gasteiger partial charge in [0.15, 0.2) is 5.79 Å². The zero-order chi connectivity index (χ0) is 24.4. The highest BCUT2D eigenvalue weighted by atomic mass is 16.7. The van der Waals surface area contributed by atoms with Crippen LogP contribution in [0.2, 0.25) is 0 Å². The van der Waals surface area contributed by atoms with Gasteiger partial charge in [-0.2, -0.15) is 0 Å². The number of alkyl carbamates (subject to hydrolysis) is 1. The van der Waals surface area contributed by atoms with Crippen molar-refractivity contribution in [3.05, 3.63) is 0 Å². The van der Waals surface area contributed by atoms with Crippen molar-refractivity contribution in [2.24, 2.45) is 5.92 Å². The van der Waals surface area contributed by atoms with Crippen LogP contribution in [-0.2, 0) is 23.8 Å². The molecule has 1 unspecified atom stereocenters. The van der Waals surface area contributed by atoms with Gasteiger partial charge in [-0.05, 0) is 39.5 Å². The summed E-state index contributed by atoms with van der Waals surface area (Å²) in [5, 5.41) is 12.7. The smallest absolute Gasteiger partial charge is 0.408 e. The molecule has 2 saturated heterocycles. The summed E-state index contributed by atoms with van der Waals surface area (Å²) in [6.07, 6.45) is 4.55. The third-order valence-electron chi connectivity index (χ3n) is 7.07. The van der Waals surface area contributed by atoms with E-state index in [0.29, 0.717) is 13.0 Å². The monoisotopic (exact) mass is 469 g/mol. The number of hydrogen-bond acceptors (Lipinski definition) is 7. The molecule has 2 heterocycles. The van der Waals surface area contributed by atoms with Gasteiger partial charge < -0.3 is 29.5 Å². The minimum Gasteiger partial charge on any atom is -0.480 e. The Bertz CT molecular complexity index is 728. The summed E-state index contributed by atoms with van der Waals surface area (Å²) < 4.78 is 16.6. The maximum absolute atomic E-state index is 13.8. The summed E-state index contributed by atoms with van der Waals surface area (Å²) >= 11 is 0. The predicted octanol–water partition coefficient (Wildman–Crippen LogP) is 1.82. The van der Waals surface area contributed by atoms with E-state index >= 15 is 0 Å². The molecule has 33 heavy (non-hydrogen) atoms. The number of amides is 2. The van der Waals surface area contributed by atoms with Crippen molar-refractivity contribution >= 4 is 18.0 Å². The number of carboxylic acids is 1. The second-order valence-electron chi connectivity index (χ2n) is 10.5. The van der Waals surface area contributed by atoms with Gasteiger partial charge in [0.05, 0.1) is 6.54 Å². The van der Waals surface area contributed by atoms with Gasteiger partial charge in [-0.1, -0.05) is 19.3 Å². The molecule has 10 nitrogen and oxygen atoms in total. The highest BCUT2D eigenvalue weighted by Crippen LogP contribution is 2.35. The van der Waals surface area contributed by atoms with Gasteiger partial charge in [-0.3, -0.25) is 9.69 Å². The van der Waals surface area contributed by atoms with Crippen LogP contribution in [0, 0.1) is 5.92 Å². The Morgan fingerprint density at radius 3 is 2.24 bits per heavy atom. The molecular weight excluding hydrogens is 430 g/mol. The number of carboxylic acid groups (broad SMARTS) is 1. The van der Waals surface area contributed by atoms with Crippen molar-refractivity contribution in [1.82, 2.24) is 15.1 Å². The van der Waals surface area contributed by atoms with E-state index in [9.17, 15) is 19.5 Å². The van der Waals surface area contributed by atoms with Crippen LogP contribution in [0.4, 0.5) is 4.79 Å². The number of nitrogens with zero attached hydrogens (tertiary/aromatic N) is 2. The molecule has 0 spiro atoms. The van der Waals surface area contributed by atoms with Crippen LogP contribution in [0.15, 0.2) is 0 Å². The number of ether oxygens (including phenoxy) is 3. The molecule has 0 bridgehead atoms. The summed E-state index contributed by atoms with van der Waals surface area (Å²) in [6.45, 7) is 6.16. The van der Waals surface area contributed by atoms with E-state index in [2.05, 4.69) is 5.32 Å². The summed E-state index contributed by atoms with van der Waals surface area (Å²) in [5.74, 6) is -2.28. The van der Waals surface area contributed by atoms with Crippen molar-refractivity contribution < 1.29 is 33.7 Å². The van der Waals surface area contributed by atoms with Crippen LogP contribution >= 0.6 is 0 Å². The number of fused-ring (bicyclic) bond motifs is 1. The molecule has 0 aromatic heterocycles. The second kappa shape index (κ2) is 10.1. The molecular formula is C23H39N3O7. The second-order valence-corrected chi connectivity index (χ2v) is 10.5. The molecule has 10 heteroatoms. The van der Waals surface area contributed by atoms with E-state index in [1.54, 1.807) is 35.0 Å². The molecule has 3 atom stereocenters. The van der Waals surface area contributed by atoms with Crippen molar-refractivity contribution in [3.63, 3.8) is 0 Å². The van der Waals surface area contributed by atoms with Crippen molar-refractivity contribution in [3.8, 4) is 0 Å². The zero-order valence-corrected chi connectivity index (χ0v) is 20.5. The van der Waals surface area contributed by atoms with Gasteiger partial charge >= 0.3 is 12.1 Å². The van der Waals surface area contributed by atoms with Gasteiger partial charge in [0.1, 0.15) is 17.7 Å². The fourth-order valence-electron chi connectivity index (χ4n) is 5.36. The molecule has 3 fully saturated rings. The summed E-state index contributed by atoms with van der Waals surface area (Å²) in [5.41, 5.74) is -0.701. The number of rotatable bonds is 6. The minimum absolute atomic E-state index is 0.0492. The Balaban J connectivity index is 1.83. The average Bonchev–Trinajstić information content (AvgIpc) is 3.14. The Kier molecular flexibility index (Phi) is 7.91. The van der Waals surface area contributed by atoms with E-state index in [1.807, 2.05) is 4.90 Å². The van der Waals surface area contributed by atoms with E-state index in [1.165, 1.54) is 4.90 Å². The molecule has 2 amide bonds. The average molecular weight is 470 g/mol. The molecule has 2 N–H and O–H groups in total. The van der Waals surface area contributed by atoms with E-state index in [-0.39, 0.29) is 31.0 Å². The Morgan fingerprint density at radius 2 is 1.70 bits per heavy atom. The number of aliphatic carboxylic acids is 1. The Hall–Kier alpha value is -1.91. The lowest BCUT2D eigenvalue weighted by Gasteiger charge is -2.43. The summed E-state index contributed by atoms with van der Waals surface area (Å²) in [7, 11) is 3.15. The fraction of sp³-hybridized carbons (Fsp3) is 0.870. The van der Waals surface area contributed by atoms with Crippen LogP contribution in [0.1, 0.15) is 59.3 Å². The van der Waals surface area contributed by atoms with Crippen LogP contribution in [-0.4, -0.2) is 96.2 Å². The normalized spacial score (nSPS) is 27.0. The van der Waals surface area contributed by atoms with Crippen molar-refractivity contribution in [2.75, 3.05) is 33.9 Å². The molecule has 3 aliphatic rings. The molecule has 1 saturated carbocycles. The minimum atomic E-state index is -1.06. The Labute approximate surface area is 195 Å². The Morgan fingerprint density at radius 1 is 1.06 bits per heavy atom. The van der Waals surface area contributed by atoms with Gasteiger partial charge in [0.25, 0.3) is 0 Å². The van der Waals surface area contributed by atoms with E-state index in [0.717, 1.165) is 32.1 Å². The molecule has 3 rings (SSSR count). The summed E-state index contributed by atoms with van der Waals surface area (Å²) in [4.78, 5) is 42.0. The molecule has 0 aromatic carbocycles. The first kappa shape index (κ1) is 25.7. The van der Waals surface area contributed by atoms with Crippen molar-refractivity contribution in [1.29, 1.82) is 0 Å². The topological polar surface area (TPSA) is 118 Å². The maximum Gasteiger partial charge on any atom is 0.408 e. The molecule has 1 aliphatic carbocycles. The molecule has 0 radical (unpaired) electrons. The molecule has 188 valence electrons. The number of hydrogen-bond donors (Lipinski definition) is 2. The van der Waals surface area contributed by atoms with Gasteiger partial charge in [0.2, 0.25) is 5.91 Å². The van der Waals surface area contributed by atoms with E-state index < -0.39 is 35.5 Å². The van der Waals surface area contributed by atoms with Crippen LogP contribution in [0.5, 0.6) is 0 Å². The van der Waals surface area contributed by atoms with Crippen LogP contribution in [0.3, 0.4) is 0 Å². The lowest BCUT2D eigenvalue weighted by atomic mass is 9.83. The molecule has 0 aromatic rings. The van der Waals surface area contributed by atoms with Crippen LogP contribution < -0.4 is 5.32 Å². The lowest BCUT2D eigenvalue weighted by molar-refractivity contribution is -0.196. The first-order valence-electron chi connectivity index (χ1n) is 11.9. The van der Waals surface area contributed by atoms with Crippen molar-refractivity contribution in [2.45, 2.75) is 88.8 Å². The SMILES string of the molecule is COC1(OC)C[C@@H]2CN(C(=O)[C@@H](NC(=O)OC(C)(C)C)C3CCCCC3)C(C(=O)O)CN2C1. The fourth-order valence-corrected chi connectivity index (χ4v) is 5.36. The predicted molar refractivity (Wildman–Crippen MR) is 120 cm³/mol. The van der Waals surface area contributed by atoms with Crippen LogP contribution in [0.25, 0.3) is 0 Å². The number of piperazine rings is 1. The van der Waals surface area contributed by atoms with Gasteiger partial charge in [-0.15, -0.1) is 0 Å². The third kappa shape index (κ3) is 5.96. The number of carbonyl (C=O) groups is 3. The van der Waals surface area contributed by atoms with E-state index in [4.69, 9.17) is 14.2 Å². The number of methoxy groups -OCH3 is 2. The first-order valence-corrected chi connectivity index (χ1v) is 11.9. The molecule has 2 aliphatic heterocycles. The number of carbonyl (C=O) groups excluding carboxylic acids is 2. The quantitative estimate of drug-likeness (QED) is 0.566. The zero-order valence-electron chi connectivity index (χ0n) is 20.5.